The molecular formula is C17H15N3O3S2. The lowest BCUT2D eigenvalue weighted by atomic mass is 10.1. The Balaban J connectivity index is 1.84. The van der Waals surface area contributed by atoms with Crippen molar-refractivity contribution in [2.24, 2.45) is 0 Å². The van der Waals surface area contributed by atoms with Gasteiger partial charge in [0.25, 0.3) is 5.69 Å². The first-order valence-corrected chi connectivity index (χ1v) is 9.30. The largest absolute Gasteiger partial charge is 0.293 e. The predicted molar refractivity (Wildman–Crippen MR) is 99.8 cm³/mol. The Morgan fingerprint density at radius 2 is 2.04 bits per heavy atom. The molecule has 2 heterocycles. The molecule has 0 amide bonds. The third-order valence-electron chi connectivity index (χ3n) is 4.00. The third-order valence-corrected chi connectivity index (χ3v) is 6.10. The smallest absolute Gasteiger partial charge is 0.273 e. The highest BCUT2D eigenvalue weighted by atomic mass is 32.2. The number of aromatic nitrogens is 2. The fourth-order valence-corrected chi connectivity index (χ4v) is 4.47. The molecule has 0 atom stereocenters. The van der Waals surface area contributed by atoms with E-state index in [0.29, 0.717) is 11.1 Å². The highest BCUT2D eigenvalue weighted by Crippen LogP contribution is 2.34. The summed E-state index contributed by atoms with van der Waals surface area (Å²) < 4.78 is 0. The van der Waals surface area contributed by atoms with Crippen LogP contribution in [0.25, 0.3) is 10.2 Å². The van der Waals surface area contributed by atoms with E-state index in [1.807, 2.05) is 13.8 Å². The van der Waals surface area contributed by atoms with Crippen molar-refractivity contribution in [2.45, 2.75) is 25.8 Å². The van der Waals surface area contributed by atoms with Gasteiger partial charge in [-0.2, -0.15) is 0 Å². The zero-order valence-electron chi connectivity index (χ0n) is 13.9. The summed E-state index contributed by atoms with van der Waals surface area (Å²) in [6.07, 6.45) is 1.50. The summed E-state index contributed by atoms with van der Waals surface area (Å²) in [5.41, 5.74) is 1.97. The Morgan fingerprint density at radius 3 is 2.76 bits per heavy atom. The maximum Gasteiger partial charge on any atom is 0.273 e. The summed E-state index contributed by atoms with van der Waals surface area (Å²) in [5, 5.41) is 12.8. The van der Waals surface area contributed by atoms with Crippen LogP contribution < -0.4 is 0 Å². The Morgan fingerprint density at radius 1 is 1.28 bits per heavy atom. The van der Waals surface area contributed by atoms with Crippen molar-refractivity contribution < 1.29 is 9.72 Å². The van der Waals surface area contributed by atoms with E-state index in [0.717, 1.165) is 20.8 Å². The first kappa shape index (κ1) is 17.5. The normalized spacial score (nSPS) is 11.0. The van der Waals surface area contributed by atoms with Crippen molar-refractivity contribution in [1.29, 1.82) is 0 Å². The second-order valence-electron chi connectivity index (χ2n) is 5.61. The van der Waals surface area contributed by atoms with Crippen LogP contribution >= 0.6 is 23.1 Å². The summed E-state index contributed by atoms with van der Waals surface area (Å²) in [6.45, 7) is 5.71. The number of carbonyl (C=O) groups excluding carboxylic acids is 1. The van der Waals surface area contributed by atoms with Gasteiger partial charge in [-0.3, -0.25) is 14.9 Å². The van der Waals surface area contributed by atoms with Crippen LogP contribution in [0.1, 0.15) is 26.4 Å². The number of nitro groups is 1. The number of carbonyl (C=O) groups is 1. The highest BCUT2D eigenvalue weighted by molar-refractivity contribution is 8.00. The van der Waals surface area contributed by atoms with Crippen LogP contribution in [0.15, 0.2) is 29.6 Å². The highest BCUT2D eigenvalue weighted by Gasteiger charge is 2.17. The summed E-state index contributed by atoms with van der Waals surface area (Å²) in [6, 6.07) is 4.57. The zero-order chi connectivity index (χ0) is 18.1. The molecule has 2 aromatic heterocycles. The molecule has 25 heavy (non-hydrogen) atoms. The molecule has 0 aliphatic heterocycles. The molecule has 0 radical (unpaired) electrons. The minimum absolute atomic E-state index is 0.0374. The number of hydrogen-bond donors (Lipinski definition) is 0. The number of aryl methyl sites for hydroxylation is 3. The van der Waals surface area contributed by atoms with Gasteiger partial charge in [0.05, 0.1) is 10.7 Å². The van der Waals surface area contributed by atoms with Crippen molar-refractivity contribution in [3.63, 3.8) is 0 Å². The van der Waals surface area contributed by atoms with Gasteiger partial charge in [0.15, 0.2) is 5.78 Å². The molecule has 0 saturated carbocycles. The van der Waals surface area contributed by atoms with Crippen LogP contribution in [0.3, 0.4) is 0 Å². The van der Waals surface area contributed by atoms with E-state index in [4.69, 9.17) is 0 Å². The van der Waals surface area contributed by atoms with Crippen LogP contribution in [-0.4, -0.2) is 26.4 Å². The molecule has 0 N–H and O–H groups in total. The average molecular weight is 373 g/mol. The van der Waals surface area contributed by atoms with Gasteiger partial charge in [-0.15, -0.1) is 11.3 Å². The van der Waals surface area contributed by atoms with E-state index >= 15 is 0 Å². The topological polar surface area (TPSA) is 86.0 Å². The van der Waals surface area contributed by atoms with Crippen molar-refractivity contribution in [2.75, 3.05) is 5.75 Å². The zero-order valence-corrected chi connectivity index (χ0v) is 15.5. The number of thioether (sulfide) groups is 1. The molecule has 6 nitrogen and oxygen atoms in total. The SMILES string of the molecule is Cc1ccc(C(=O)CSc2ncnc3sc(C)c(C)c23)cc1[N+](=O)[O-]. The van der Waals surface area contributed by atoms with Gasteiger partial charge < -0.3 is 0 Å². The van der Waals surface area contributed by atoms with Gasteiger partial charge in [0.1, 0.15) is 16.2 Å². The van der Waals surface area contributed by atoms with Crippen LogP contribution in [0.4, 0.5) is 5.69 Å². The van der Waals surface area contributed by atoms with Gasteiger partial charge >= 0.3 is 0 Å². The summed E-state index contributed by atoms with van der Waals surface area (Å²) in [5.74, 6) is 0.00479. The Kier molecular flexibility index (Phi) is 4.82. The van der Waals surface area contributed by atoms with E-state index < -0.39 is 4.92 Å². The lowest BCUT2D eigenvalue weighted by molar-refractivity contribution is -0.385. The molecule has 0 bridgehead atoms. The number of rotatable bonds is 5. The van der Waals surface area contributed by atoms with E-state index in [9.17, 15) is 14.9 Å². The van der Waals surface area contributed by atoms with Crippen molar-refractivity contribution in [3.8, 4) is 0 Å². The van der Waals surface area contributed by atoms with Gasteiger partial charge in [0, 0.05) is 27.5 Å². The second kappa shape index (κ2) is 6.89. The van der Waals surface area contributed by atoms with Crippen molar-refractivity contribution >= 4 is 44.8 Å². The number of thiophene rings is 1. The van der Waals surface area contributed by atoms with E-state index in [-0.39, 0.29) is 17.2 Å². The first-order valence-electron chi connectivity index (χ1n) is 7.50. The Hall–Kier alpha value is -2.32. The van der Waals surface area contributed by atoms with Gasteiger partial charge in [0.2, 0.25) is 0 Å². The Bertz CT molecular complexity index is 998. The number of hydrogen-bond acceptors (Lipinski definition) is 7. The van der Waals surface area contributed by atoms with Crippen LogP contribution in [-0.2, 0) is 0 Å². The van der Waals surface area contributed by atoms with Gasteiger partial charge in [-0.25, -0.2) is 9.97 Å². The molecule has 0 unspecified atom stereocenters. The summed E-state index contributed by atoms with van der Waals surface area (Å²) in [4.78, 5) is 33.7. The lowest BCUT2D eigenvalue weighted by Crippen LogP contribution is -2.04. The number of nitro benzene ring substituents is 1. The van der Waals surface area contributed by atoms with Crippen molar-refractivity contribution in [1.82, 2.24) is 9.97 Å². The molecule has 0 aliphatic rings. The van der Waals surface area contributed by atoms with Crippen LogP contribution in [0.5, 0.6) is 0 Å². The molecule has 0 fully saturated rings. The number of nitrogens with zero attached hydrogens (tertiary/aromatic N) is 3. The van der Waals surface area contributed by atoms with E-state index in [1.165, 1.54) is 29.0 Å². The third kappa shape index (κ3) is 3.40. The number of ketones is 1. The second-order valence-corrected chi connectivity index (χ2v) is 7.78. The summed E-state index contributed by atoms with van der Waals surface area (Å²) >= 11 is 2.94. The standard InChI is InChI=1S/C17H15N3O3S2/c1-9-4-5-12(6-13(9)20(22)23)14(21)7-24-16-15-10(2)11(3)25-17(15)19-8-18-16/h4-6,8H,7H2,1-3H3. The lowest BCUT2D eigenvalue weighted by Gasteiger charge is -2.04. The maximum atomic E-state index is 12.4. The average Bonchev–Trinajstić information content (AvgIpc) is 2.88. The van der Waals surface area contributed by atoms with Gasteiger partial charge in [-0.1, -0.05) is 23.9 Å². The van der Waals surface area contributed by atoms with Crippen molar-refractivity contribution in [3.05, 3.63) is 56.2 Å². The fourth-order valence-electron chi connectivity index (χ4n) is 2.46. The molecule has 8 heteroatoms. The minimum Gasteiger partial charge on any atom is -0.293 e. The van der Waals surface area contributed by atoms with E-state index in [2.05, 4.69) is 9.97 Å². The van der Waals surface area contributed by atoms with Crippen LogP contribution in [0, 0.1) is 30.9 Å². The predicted octanol–water partition coefficient (Wildman–Crippen LogP) is 4.50. The molecule has 0 spiro atoms. The molecule has 0 aliphatic carbocycles. The molecular weight excluding hydrogens is 358 g/mol. The van der Waals surface area contributed by atoms with Crippen LogP contribution in [0.2, 0.25) is 0 Å². The van der Waals surface area contributed by atoms with Gasteiger partial charge in [-0.05, 0) is 26.3 Å². The Labute approximate surface area is 152 Å². The molecule has 1 aromatic carbocycles. The van der Waals surface area contributed by atoms with E-state index in [1.54, 1.807) is 30.4 Å². The molecule has 128 valence electrons. The maximum absolute atomic E-state index is 12.4. The molecule has 0 saturated heterocycles. The number of Topliss-reactive ketones (excluding diaryl/α,β-unsaturated/α-hetero) is 1. The first-order chi connectivity index (χ1) is 11.9. The monoisotopic (exact) mass is 373 g/mol. The fraction of sp³-hybridized carbons (Fsp3) is 0.235. The number of fused-ring (bicyclic) bond motifs is 1. The molecule has 3 rings (SSSR count). The minimum atomic E-state index is -0.468. The quantitative estimate of drug-likeness (QED) is 0.215. The number of benzene rings is 1. The molecule has 3 aromatic rings. The summed E-state index contributed by atoms with van der Waals surface area (Å²) in [7, 11) is 0.